The van der Waals surface area contributed by atoms with E-state index in [9.17, 15) is 15.3 Å². The lowest BCUT2D eigenvalue weighted by Gasteiger charge is -2.21. The lowest BCUT2D eigenvalue weighted by Crippen LogP contribution is -2.35. The minimum atomic E-state index is -2.12. The molecule has 0 unspecified atom stereocenters. The molecule has 0 amide bonds. The van der Waals surface area contributed by atoms with Crippen LogP contribution in [-0.4, -0.2) is 69.3 Å². The first-order valence-electron chi connectivity index (χ1n) is 13.1. The topological polar surface area (TPSA) is 142 Å². The molecule has 2 aromatic carbocycles. The Bertz CT molecular complexity index is 1460. The van der Waals surface area contributed by atoms with Crippen LogP contribution in [0.1, 0.15) is 20.4 Å². The van der Waals surface area contributed by atoms with Gasteiger partial charge in [-0.25, -0.2) is 9.97 Å². The van der Waals surface area contributed by atoms with Crippen molar-refractivity contribution < 1.29 is 27.5 Å². The summed E-state index contributed by atoms with van der Waals surface area (Å²) in [6.07, 6.45) is -1.91. The number of rotatable bonds is 9. The van der Waals surface area contributed by atoms with E-state index in [2.05, 4.69) is 20.6 Å². The summed E-state index contributed by atoms with van der Waals surface area (Å²) < 4.78 is 29.1. The fourth-order valence-corrected chi connectivity index (χ4v) is 5.66. The van der Waals surface area contributed by atoms with Crippen molar-refractivity contribution in [1.82, 2.24) is 15.0 Å². The number of anilines is 2. The third-order valence-corrected chi connectivity index (χ3v) is 7.68. The number of aromatic nitrogens is 3. The molecule has 10 nitrogen and oxygen atoms in total. The molecule has 1 aliphatic rings. The number of benzene rings is 2. The highest BCUT2D eigenvalue weighted by Crippen LogP contribution is 2.38. The quantitative estimate of drug-likeness (QED) is 0.215. The molecule has 0 spiro atoms. The Labute approximate surface area is 227 Å². The first-order chi connectivity index (χ1) is 19.1. The lowest BCUT2D eigenvalue weighted by molar-refractivity contribution is 0.00446. The summed E-state index contributed by atoms with van der Waals surface area (Å²) in [6.45, 7) is -0.602. The summed E-state index contributed by atoms with van der Waals surface area (Å²) in [5.41, 5.74) is 2.19. The molecular formula is C27H31N5O5S. The van der Waals surface area contributed by atoms with Crippen molar-refractivity contribution in [1.29, 1.82) is 0 Å². The van der Waals surface area contributed by atoms with Gasteiger partial charge in [0.2, 0.25) is 5.95 Å². The molecule has 0 aliphatic heterocycles. The van der Waals surface area contributed by atoms with Gasteiger partial charge in [-0.3, -0.25) is 0 Å². The van der Waals surface area contributed by atoms with Crippen molar-refractivity contribution in [2.45, 2.75) is 38.1 Å². The van der Waals surface area contributed by atoms with Gasteiger partial charge >= 0.3 is 0 Å². The van der Waals surface area contributed by atoms with Crippen molar-refractivity contribution in [3.8, 4) is 22.1 Å². The number of para-hydroxylation sites is 1. The fraction of sp³-hybridized carbons (Fsp3) is 0.370. The van der Waals surface area contributed by atoms with E-state index in [4.69, 9.17) is 17.2 Å². The fourth-order valence-electron chi connectivity index (χ4n) is 4.60. The van der Waals surface area contributed by atoms with Crippen LogP contribution in [-0.2, 0) is 6.50 Å². The molecule has 38 heavy (non-hydrogen) atoms. The van der Waals surface area contributed by atoms with Crippen molar-refractivity contribution in [3.63, 3.8) is 0 Å². The molecule has 0 bridgehead atoms. The minimum Gasteiger partial charge on any atom is -0.497 e. The first kappa shape index (κ1) is 23.6. The second-order valence-corrected chi connectivity index (χ2v) is 10.1. The molecule has 200 valence electrons. The summed E-state index contributed by atoms with van der Waals surface area (Å²) in [7, 11) is 2.98. The molecule has 4 atom stereocenters. The Balaban J connectivity index is 1.56. The van der Waals surface area contributed by atoms with Gasteiger partial charge < -0.3 is 35.4 Å². The Morgan fingerprint density at radius 1 is 1.05 bits per heavy atom. The van der Waals surface area contributed by atoms with Crippen molar-refractivity contribution >= 4 is 33.3 Å². The number of aliphatic hydroxyl groups is 3. The van der Waals surface area contributed by atoms with Gasteiger partial charge in [-0.1, -0.05) is 12.1 Å². The summed E-state index contributed by atoms with van der Waals surface area (Å²) in [5, 5.41) is 37.4. The van der Waals surface area contributed by atoms with Gasteiger partial charge in [0.15, 0.2) is 0 Å². The highest BCUT2D eigenvalue weighted by atomic mass is 32.1. The van der Waals surface area contributed by atoms with E-state index in [1.807, 2.05) is 24.3 Å². The number of hydrogen-bond donors (Lipinski definition) is 5. The summed E-state index contributed by atoms with van der Waals surface area (Å²) in [6, 6.07) is 11.9. The standard InChI is InChI=1S/C27H31N5O5S/c1-14-22(26-31-19-6-4-5-7-21(19)38-26)25(30-20-10-16(13-33)23(34)24(20)35)32-27(29-14)28-12-15-8-17(36-2)11-18(9-15)37-3/h4-9,11,16,20,23-24,33-35H,10,12-13H2,1-3H3,(H2,28,29,30,32)/t16-,20-,23-,24+/m1/s1/i12D2. The summed E-state index contributed by atoms with van der Waals surface area (Å²) in [5.74, 6) is 0.693. The number of ether oxygens (including phenoxy) is 2. The number of nitrogens with zero attached hydrogens (tertiary/aromatic N) is 3. The molecule has 0 saturated heterocycles. The monoisotopic (exact) mass is 539 g/mol. The van der Waals surface area contributed by atoms with Gasteiger partial charge in [-0.15, -0.1) is 11.3 Å². The maximum atomic E-state index is 10.7. The molecule has 5 N–H and O–H groups in total. The van der Waals surface area contributed by atoms with Crippen LogP contribution < -0.4 is 20.1 Å². The second-order valence-electron chi connectivity index (χ2n) is 9.10. The van der Waals surface area contributed by atoms with Crippen molar-refractivity contribution in [2.75, 3.05) is 31.5 Å². The molecule has 4 aromatic rings. The maximum absolute atomic E-state index is 10.7. The van der Waals surface area contributed by atoms with Crippen LogP contribution in [0.4, 0.5) is 11.8 Å². The predicted octanol–water partition coefficient (Wildman–Crippen LogP) is 3.21. The second kappa shape index (κ2) is 11.1. The summed E-state index contributed by atoms with van der Waals surface area (Å²) in [4.78, 5) is 13.9. The minimum absolute atomic E-state index is 0.00314. The Hall–Kier alpha value is -3.51. The van der Waals surface area contributed by atoms with Crippen LogP contribution in [0.25, 0.3) is 20.8 Å². The number of fused-ring (bicyclic) bond motifs is 1. The first-order valence-corrected chi connectivity index (χ1v) is 12.9. The number of nitrogens with one attached hydrogen (secondary N) is 2. The smallest absolute Gasteiger partial charge is 0.225 e. The molecule has 1 fully saturated rings. The maximum Gasteiger partial charge on any atom is 0.225 e. The molecule has 5 rings (SSSR count). The lowest BCUT2D eigenvalue weighted by atomic mass is 10.1. The van der Waals surface area contributed by atoms with Gasteiger partial charge in [0.1, 0.15) is 28.4 Å². The zero-order chi connectivity index (χ0) is 28.6. The van der Waals surface area contributed by atoms with Gasteiger partial charge in [0.05, 0.1) is 50.6 Å². The number of methoxy groups -OCH3 is 2. The van der Waals surface area contributed by atoms with Crippen LogP contribution in [0.5, 0.6) is 11.5 Å². The van der Waals surface area contributed by atoms with E-state index in [0.717, 1.165) is 10.2 Å². The number of aliphatic hydroxyl groups excluding tert-OH is 3. The third-order valence-electron chi connectivity index (χ3n) is 6.63. The number of hydrogen-bond acceptors (Lipinski definition) is 11. The van der Waals surface area contributed by atoms with Gasteiger partial charge in [0.25, 0.3) is 0 Å². The van der Waals surface area contributed by atoms with E-state index >= 15 is 0 Å². The third kappa shape index (κ3) is 5.23. The predicted molar refractivity (Wildman–Crippen MR) is 147 cm³/mol. The Morgan fingerprint density at radius 2 is 1.79 bits per heavy atom. The molecule has 2 aromatic heterocycles. The number of thiazole rings is 1. The largest absolute Gasteiger partial charge is 0.497 e. The van der Waals surface area contributed by atoms with Crippen LogP contribution in [0, 0.1) is 12.8 Å². The van der Waals surface area contributed by atoms with Crippen molar-refractivity contribution in [3.05, 3.63) is 53.7 Å². The normalized spacial score (nSPS) is 22.2. The van der Waals surface area contributed by atoms with Gasteiger partial charge in [-0.2, -0.15) is 4.98 Å². The van der Waals surface area contributed by atoms with Gasteiger partial charge in [-0.05, 0) is 43.2 Å². The van der Waals surface area contributed by atoms with E-state index < -0.39 is 30.7 Å². The van der Waals surface area contributed by atoms with E-state index in [0.29, 0.717) is 40.0 Å². The molecule has 11 heteroatoms. The average Bonchev–Trinajstić information content (AvgIpc) is 3.48. The Kier molecular flexibility index (Phi) is 6.88. The van der Waals surface area contributed by atoms with Crippen LogP contribution in [0.15, 0.2) is 42.5 Å². The zero-order valence-corrected chi connectivity index (χ0v) is 22.0. The van der Waals surface area contributed by atoms with E-state index in [-0.39, 0.29) is 18.1 Å². The Morgan fingerprint density at radius 3 is 2.45 bits per heavy atom. The van der Waals surface area contributed by atoms with E-state index in [1.54, 1.807) is 25.1 Å². The molecule has 0 radical (unpaired) electrons. The van der Waals surface area contributed by atoms with Gasteiger partial charge in [0, 0.05) is 25.1 Å². The molecule has 2 heterocycles. The molecule has 1 aliphatic carbocycles. The van der Waals surface area contributed by atoms with Crippen LogP contribution >= 0.6 is 11.3 Å². The molecule has 1 saturated carbocycles. The summed E-state index contributed by atoms with van der Waals surface area (Å²) >= 11 is 1.46. The van der Waals surface area contributed by atoms with Crippen molar-refractivity contribution in [2.24, 2.45) is 5.92 Å². The zero-order valence-electron chi connectivity index (χ0n) is 23.2. The molecular weight excluding hydrogens is 506 g/mol. The SMILES string of the molecule is [2H]C([2H])(Nc1nc(C)c(-c2nc3ccccc3s2)c(N[C@@H]2C[C@H](CO)[C@@H](O)[C@H]2O)n1)c1cc(OC)cc(OC)c1. The highest BCUT2D eigenvalue weighted by molar-refractivity contribution is 7.21. The number of aryl methyl sites for hydroxylation is 1. The van der Waals surface area contributed by atoms with E-state index in [1.165, 1.54) is 25.6 Å². The van der Waals surface area contributed by atoms with Crippen LogP contribution in [0.3, 0.4) is 0 Å². The average molecular weight is 540 g/mol. The highest BCUT2D eigenvalue weighted by Gasteiger charge is 2.41. The van der Waals surface area contributed by atoms with Crippen LogP contribution in [0.2, 0.25) is 0 Å².